The Morgan fingerprint density at radius 3 is 2.45 bits per heavy atom. The first-order valence-corrected chi connectivity index (χ1v) is 9.33. The Kier molecular flexibility index (Phi) is 6.49. The van der Waals surface area contributed by atoms with Gasteiger partial charge >= 0.3 is 5.97 Å². The molecule has 0 heterocycles. The van der Waals surface area contributed by atoms with Gasteiger partial charge in [0.25, 0.3) is 0 Å². The number of hydrogen-bond acceptors (Lipinski definition) is 4. The average Bonchev–Trinajstić information content (AvgIpc) is 2.75. The van der Waals surface area contributed by atoms with Crippen LogP contribution in [0, 0.1) is 11.3 Å². The van der Waals surface area contributed by atoms with E-state index in [0.29, 0.717) is 17.9 Å². The van der Waals surface area contributed by atoms with Crippen LogP contribution >= 0.6 is 0 Å². The summed E-state index contributed by atoms with van der Waals surface area (Å²) >= 11 is 0. The molecule has 5 heteroatoms. The number of nitriles is 1. The second-order valence-corrected chi connectivity index (χ2v) is 6.37. The monoisotopic (exact) mass is 387 g/mol. The topological polar surface area (TPSA) is 79.5 Å². The Morgan fingerprint density at radius 1 is 1.03 bits per heavy atom. The molecule has 0 aliphatic carbocycles. The Hall–Kier alpha value is -3.78. The first-order chi connectivity index (χ1) is 14.1. The van der Waals surface area contributed by atoms with Crippen molar-refractivity contribution in [1.29, 1.82) is 5.26 Å². The number of aliphatic carboxylic acids is 1. The van der Waals surface area contributed by atoms with Crippen LogP contribution in [0.3, 0.4) is 0 Å². The number of carboxylic acids is 1. The third-order valence-electron chi connectivity index (χ3n) is 4.51. The maximum absolute atomic E-state index is 11.3. The van der Waals surface area contributed by atoms with Crippen molar-refractivity contribution in [2.45, 2.75) is 13.3 Å². The molecule has 3 aromatic rings. The van der Waals surface area contributed by atoms with Gasteiger partial charge in [0.15, 0.2) is 0 Å². The zero-order chi connectivity index (χ0) is 20.6. The summed E-state index contributed by atoms with van der Waals surface area (Å²) in [6, 6.07) is 20.9. The van der Waals surface area contributed by atoms with Gasteiger partial charge < -0.3 is 14.6 Å². The highest BCUT2D eigenvalue weighted by atomic mass is 16.5. The molecule has 29 heavy (non-hydrogen) atoms. The molecule has 0 atom stereocenters. The van der Waals surface area contributed by atoms with Crippen LogP contribution < -0.4 is 9.47 Å². The quantitative estimate of drug-likeness (QED) is 0.339. The molecular formula is C24H21NO4. The van der Waals surface area contributed by atoms with Gasteiger partial charge in [0.2, 0.25) is 0 Å². The highest BCUT2D eigenvalue weighted by Gasteiger charge is 2.12. The summed E-state index contributed by atoms with van der Waals surface area (Å²) in [5.74, 6) is -0.00468. The first kappa shape index (κ1) is 20.0. The maximum atomic E-state index is 11.3. The highest BCUT2D eigenvalue weighted by Crippen LogP contribution is 2.30. The molecule has 0 aromatic heterocycles. The van der Waals surface area contributed by atoms with Gasteiger partial charge in [0.1, 0.15) is 36.4 Å². The molecular weight excluding hydrogens is 366 g/mol. The first-order valence-electron chi connectivity index (χ1n) is 9.33. The lowest BCUT2D eigenvalue weighted by Crippen LogP contribution is -2.10. The summed E-state index contributed by atoms with van der Waals surface area (Å²) in [6.07, 6.45) is 2.33. The number of ether oxygens (including phenoxy) is 2. The van der Waals surface area contributed by atoms with Crippen LogP contribution in [0.5, 0.6) is 11.5 Å². The molecule has 146 valence electrons. The minimum atomic E-state index is -1.27. The lowest BCUT2D eigenvalue weighted by Gasteiger charge is -2.13. The lowest BCUT2D eigenvalue weighted by molar-refractivity contribution is -0.132. The van der Waals surface area contributed by atoms with E-state index in [0.717, 1.165) is 22.9 Å². The second kappa shape index (κ2) is 9.43. The summed E-state index contributed by atoms with van der Waals surface area (Å²) in [6.45, 7) is 2.72. The number of carbonyl (C=O) groups is 1. The smallest absolute Gasteiger partial charge is 0.346 e. The summed E-state index contributed by atoms with van der Waals surface area (Å²) < 4.78 is 11.6. The van der Waals surface area contributed by atoms with Crippen molar-refractivity contribution in [3.05, 3.63) is 77.4 Å². The molecule has 0 unspecified atom stereocenters. The number of benzene rings is 3. The van der Waals surface area contributed by atoms with Crippen LogP contribution in [-0.2, 0) is 11.2 Å². The van der Waals surface area contributed by atoms with Crippen molar-refractivity contribution in [2.75, 3.05) is 13.2 Å². The van der Waals surface area contributed by atoms with E-state index in [1.165, 1.54) is 11.6 Å². The molecule has 0 saturated heterocycles. The lowest BCUT2D eigenvalue weighted by atomic mass is 10.0. The highest BCUT2D eigenvalue weighted by molar-refractivity contribution is 6.01. The van der Waals surface area contributed by atoms with Crippen LogP contribution in [0.4, 0.5) is 0 Å². The Bertz CT molecular complexity index is 1080. The normalized spacial score (nSPS) is 11.1. The van der Waals surface area contributed by atoms with Crippen LogP contribution in [0.1, 0.15) is 18.1 Å². The Balaban J connectivity index is 1.78. The third-order valence-corrected chi connectivity index (χ3v) is 4.51. The van der Waals surface area contributed by atoms with Gasteiger partial charge in [-0.15, -0.1) is 0 Å². The zero-order valence-electron chi connectivity index (χ0n) is 16.1. The molecule has 0 spiro atoms. The van der Waals surface area contributed by atoms with E-state index in [1.54, 1.807) is 12.1 Å². The molecule has 3 aromatic carbocycles. The molecule has 3 rings (SSSR count). The van der Waals surface area contributed by atoms with Gasteiger partial charge in [0, 0.05) is 5.56 Å². The van der Waals surface area contributed by atoms with E-state index in [2.05, 4.69) is 6.92 Å². The number of hydrogen-bond donors (Lipinski definition) is 1. The predicted molar refractivity (Wildman–Crippen MR) is 112 cm³/mol. The second-order valence-electron chi connectivity index (χ2n) is 6.37. The van der Waals surface area contributed by atoms with Gasteiger partial charge in [-0.1, -0.05) is 49.4 Å². The van der Waals surface area contributed by atoms with E-state index in [-0.39, 0.29) is 12.2 Å². The summed E-state index contributed by atoms with van der Waals surface area (Å²) in [5.41, 5.74) is 1.46. The summed E-state index contributed by atoms with van der Waals surface area (Å²) in [5, 5.41) is 20.1. The molecule has 0 saturated carbocycles. The van der Waals surface area contributed by atoms with Crippen LogP contribution in [-0.4, -0.2) is 24.3 Å². The molecule has 1 N–H and O–H groups in total. The van der Waals surface area contributed by atoms with E-state index in [9.17, 15) is 9.90 Å². The standard InChI is InChI=1S/C24H21NO4/c1-2-17-7-10-20(11-8-17)28-13-14-29-23-12-9-18-5-3-4-6-21(18)22(23)15-19(16-25)24(26)27/h3-12,15H,2,13-14H2,1H3,(H,26,27). The van der Waals surface area contributed by atoms with Crippen LogP contribution in [0.2, 0.25) is 0 Å². The van der Waals surface area contributed by atoms with Crippen molar-refractivity contribution >= 4 is 22.8 Å². The third kappa shape index (κ3) is 4.94. The molecule has 0 aliphatic rings. The fourth-order valence-corrected chi connectivity index (χ4v) is 2.97. The van der Waals surface area contributed by atoms with Gasteiger partial charge in [-0.3, -0.25) is 0 Å². The van der Waals surface area contributed by atoms with Crippen molar-refractivity contribution < 1.29 is 19.4 Å². The summed E-state index contributed by atoms with van der Waals surface area (Å²) in [7, 11) is 0. The minimum Gasteiger partial charge on any atom is -0.490 e. The molecule has 0 amide bonds. The fourth-order valence-electron chi connectivity index (χ4n) is 2.97. The minimum absolute atomic E-state index is 0.281. The number of nitrogens with zero attached hydrogens (tertiary/aromatic N) is 1. The van der Waals surface area contributed by atoms with Crippen molar-refractivity contribution in [1.82, 2.24) is 0 Å². The van der Waals surface area contributed by atoms with Crippen molar-refractivity contribution in [3.63, 3.8) is 0 Å². The molecule has 0 aliphatic heterocycles. The van der Waals surface area contributed by atoms with Crippen molar-refractivity contribution in [2.24, 2.45) is 0 Å². The largest absolute Gasteiger partial charge is 0.490 e. The van der Waals surface area contributed by atoms with E-state index in [4.69, 9.17) is 14.7 Å². The number of fused-ring (bicyclic) bond motifs is 1. The SMILES string of the molecule is CCc1ccc(OCCOc2ccc3ccccc3c2C=C(C#N)C(=O)O)cc1. The Labute approximate surface area is 169 Å². The fraction of sp³-hybridized carbons (Fsp3) is 0.167. The Morgan fingerprint density at radius 2 is 1.76 bits per heavy atom. The van der Waals surface area contributed by atoms with E-state index in [1.807, 2.05) is 54.6 Å². The number of rotatable bonds is 8. The molecule has 0 radical (unpaired) electrons. The van der Waals surface area contributed by atoms with Crippen LogP contribution in [0.25, 0.3) is 16.8 Å². The maximum Gasteiger partial charge on any atom is 0.346 e. The molecule has 0 fully saturated rings. The van der Waals surface area contributed by atoms with Crippen molar-refractivity contribution in [3.8, 4) is 17.6 Å². The predicted octanol–water partition coefficient (Wildman–Crippen LogP) is 4.85. The van der Waals surface area contributed by atoms with Gasteiger partial charge in [0.05, 0.1) is 0 Å². The molecule has 0 bridgehead atoms. The zero-order valence-corrected chi connectivity index (χ0v) is 16.1. The number of carboxylic acid groups (broad SMARTS) is 1. The van der Waals surface area contributed by atoms with E-state index < -0.39 is 5.97 Å². The van der Waals surface area contributed by atoms with E-state index >= 15 is 0 Å². The summed E-state index contributed by atoms with van der Waals surface area (Å²) in [4.78, 5) is 11.3. The van der Waals surface area contributed by atoms with Gasteiger partial charge in [-0.2, -0.15) is 5.26 Å². The van der Waals surface area contributed by atoms with Gasteiger partial charge in [-0.25, -0.2) is 4.79 Å². The molecule has 5 nitrogen and oxygen atoms in total. The van der Waals surface area contributed by atoms with Crippen LogP contribution in [0.15, 0.2) is 66.2 Å². The van der Waals surface area contributed by atoms with Gasteiger partial charge in [-0.05, 0) is 47.0 Å². The average molecular weight is 387 g/mol. The number of aryl methyl sites for hydroxylation is 1.